The van der Waals surface area contributed by atoms with Gasteiger partial charge < -0.3 is 14.4 Å². The molecule has 0 aliphatic carbocycles. The number of halogens is 1. The Bertz CT molecular complexity index is 1100. The zero-order chi connectivity index (χ0) is 24.4. The summed E-state index contributed by atoms with van der Waals surface area (Å²) in [5, 5.41) is 13.4. The molecule has 10 nitrogen and oxygen atoms in total. The standard InChI is InChI=1S/C21H29FN3O7P/c1-13(2)14(3)24-33(29,32-15-8-6-5-7-9-15)30-12-16-18(27)21(4,22)19(31-16)25-11-10-17(26)23-20(25)28/h5-11,13-14,16,18-19,27H,12H2,1-4H3,(H,24,29)(H,23,26,28)/t14-,16-,18-,19-,21-,33?/m1/s1. The molecule has 1 unspecified atom stereocenters. The molecule has 1 aliphatic rings. The normalized spacial score (nSPS) is 27.9. The number of ether oxygens (including phenoxy) is 1. The van der Waals surface area contributed by atoms with Crippen molar-refractivity contribution in [1.82, 2.24) is 14.6 Å². The first-order chi connectivity index (χ1) is 15.4. The summed E-state index contributed by atoms with van der Waals surface area (Å²) in [7, 11) is -3.96. The van der Waals surface area contributed by atoms with Crippen molar-refractivity contribution < 1.29 is 27.8 Å². The van der Waals surface area contributed by atoms with Crippen molar-refractivity contribution in [3.63, 3.8) is 0 Å². The summed E-state index contributed by atoms with van der Waals surface area (Å²) in [6.07, 6.45) is -3.45. The van der Waals surface area contributed by atoms with Gasteiger partial charge in [0.1, 0.15) is 18.0 Å². The van der Waals surface area contributed by atoms with E-state index in [0.717, 1.165) is 23.8 Å². The lowest BCUT2D eigenvalue weighted by molar-refractivity contribution is -0.0593. The Balaban J connectivity index is 1.80. The number of hydrogen-bond acceptors (Lipinski definition) is 7. The first-order valence-corrected chi connectivity index (χ1v) is 12.1. The van der Waals surface area contributed by atoms with Crippen LogP contribution in [0.25, 0.3) is 0 Å². The van der Waals surface area contributed by atoms with Gasteiger partial charge in [0.15, 0.2) is 11.9 Å². The van der Waals surface area contributed by atoms with Crippen LogP contribution in [0.3, 0.4) is 0 Å². The van der Waals surface area contributed by atoms with Gasteiger partial charge in [-0.25, -0.2) is 18.8 Å². The summed E-state index contributed by atoms with van der Waals surface area (Å²) in [4.78, 5) is 25.4. The van der Waals surface area contributed by atoms with Crippen LogP contribution in [0, 0.1) is 5.92 Å². The van der Waals surface area contributed by atoms with E-state index in [1.165, 1.54) is 0 Å². The fourth-order valence-electron chi connectivity index (χ4n) is 3.24. The molecule has 2 heterocycles. The lowest BCUT2D eigenvalue weighted by Crippen LogP contribution is -2.43. The van der Waals surface area contributed by atoms with Gasteiger partial charge in [0.05, 0.1) is 6.61 Å². The SMILES string of the molecule is CC(C)[C@@H](C)NP(=O)(OC[C@H]1O[C@@H](n2ccc(=O)[nH]c2=O)[C@](C)(F)[C@@H]1O)Oc1ccccc1. The second-order valence-corrected chi connectivity index (χ2v) is 10.2. The highest BCUT2D eigenvalue weighted by Gasteiger charge is 2.55. The number of benzene rings is 1. The van der Waals surface area contributed by atoms with Crippen LogP contribution in [0.15, 0.2) is 52.2 Å². The molecule has 0 saturated carbocycles. The summed E-state index contributed by atoms with van der Waals surface area (Å²) in [6.45, 7) is 6.24. The molecule has 1 aromatic heterocycles. The van der Waals surface area contributed by atoms with Gasteiger partial charge in [0.25, 0.3) is 5.56 Å². The van der Waals surface area contributed by atoms with Crippen molar-refractivity contribution in [2.24, 2.45) is 5.92 Å². The van der Waals surface area contributed by atoms with Crippen LogP contribution in [-0.2, 0) is 13.8 Å². The number of rotatable bonds is 9. The second kappa shape index (κ2) is 9.90. The number of nitrogens with one attached hydrogen (secondary N) is 2. The molecule has 6 atom stereocenters. The summed E-state index contributed by atoms with van der Waals surface area (Å²) in [5.41, 5.74) is -3.95. The summed E-state index contributed by atoms with van der Waals surface area (Å²) >= 11 is 0. The molecular formula is C21H29FN3O7P. The van der Waals surface area contributed by atoms with E-state index in [4.69, 9.17) is 13.8 Å². The van der Waals surface area contributed by atoms with Crippen molar-refractivity contribution in [1.29, 1.82) is 0 Å². The van der Waals surface area contributed by atoms with E-state index in [1.807, 2.05) is 25.8 Å². The van der Waals surface area contributed by atoms with Gasteiger partial charge in [-0.1, -0.05) is 32.0 Å². The Hall–Kier alpha value is -2.30. The van der Waals surface area contributed by atoms with Crippen LogP contribution in [0.2, 0.25) is 0 Å². The number of alkyl halides is 1. The highest BCUT2D eigenvalue weighted by atomic mass is 31.2. The highest BCUT2D eigenvalue weighted by molar-refractivity contribution is 7.52. The lowest BCUT2D eigenvalue weighted by atomic mass is 9.98. The van der Waals surface area contributed by atoms with E-state index in [-0.39, 0.29) is 12.0 Å². The van der Waals surface area contributed by atoms with E-state index in [0.29, 0.717) is 5.75 Å². The van der Waals surface area contributed by atoms with Crippen LogP contribution in [0.5, 0.6) is 5.75 Å². The van der Waals surface area contributed by atoms with E-state index in [1.54, 1.807) is 30.3 Å². The number of aromatic nitrogens is 2. The van der Waals surface area contributed by atoms with Crippen LogP contribution in [-0.4, -0.2) is 45.2 Å². The Labute approximate surface area is 190 Å². The number of aromatic amines is 1. The topological polar surface area (TPSA) is 132 Å². The number of H-pyrrole nitrogens is 1. The Morgan fingerprint density at radius 1 is 1.27 bits per heavy atom. The maximum Gasteiger partial charge on any atom is 0.459 e. The molecule has 1 aliphatic heterocycles. The minimum absolute atomic E-state index is 0.0974. The molecule has 3 rings (SSSR count). The first kappa shape index (κ1) is 25.3. The van der Waals surface area contributed by atoms with Gasteiger partial charge >= 0.3 is 13.4 Å². The third-order valence-corrected chi connectivity index (χ3v) is 7.22. The average molecular weight is 485 g/mol. The number of nitrogens with zero attached hydrogens (tertiary/aromatic N) is 1. The molecule has 33 heavy (non-hydrogen) atoms. The lowest BCUT2D eigenvalue weighted by Gasteiger charge is -2.27. The van der Waals surface area contributed by atoms with Crippen molar-refractivity contribution in [2.45, 2.75) is 57.8 Å². The Kier molecular flexibility index (Phi) is 7.60. The number of aliphatic hydroxyl groups is 1. The number of para-hydroxylation sites is 1. The predicted octanol–water partition coefficient (Wildman–Crippen LogP) is 2.36. The van der Waals surface area contributed by atoms with Gasteiger partial charge in [0, 0.05) is 18.3 Å². The summed E-state index contributed by atoms with van der Waals surface area (Å²) in [6, 6.07) is 9.18. The molecule has 0 amide bonds. The van der Waals surface area contributed by atoms with Crippen molar-refractivity contribution >= 4 is 7.75 Å². The third-order valence-electron chi connectivity index (χ3n) is 5.56. The fraction of sp³-hybridized carbons (Fsp3) is 0.524. The van der Waals surface area contributed by atoms with E-state index in [2.05, 4.69) is 5.09 Å². The van der Waals surface area contributed by atoms with Gasteiger partial charge in [-0.2, -0.15) is 0 Å². The van der Waals surface area contributed by atoms with Crippen molar-refractivity contribution in [2.75, 3.05) is 6.61 Å². The van der Waals surface area contributed by atoms with Crippen LogP contribution in [0.1, 0.15) is 33.9 Å². The van der Waals surface area contributed by atoms with Crippen LogP contribution >= 0.6 is 7.75 Å². The first-order valence-electron chi connectivity index (χ1n) is 10.5. The van der Waals surface area contributed by atoms with Crippen LogP contribution in [0.4, 0.5) is 4.39 Å². The largest absolute Gasteiger partial charge is 0.459 e. The maximum absolute atomic E-state index is 15.4. The monoisotopic (exact) mass is 485 g/mol. The van der Waals surface area contributed by atoms with Crippen molar-refractivity contribution in [3.8, 4) is 5.75 Å². The average Bonchev–Trinajstić information content (AvgIpc) is 2.96. The Morgan fingerprint density at radius 2 is 1.94 bits per heavy atom. The minimum atomic E-state index is -3.96. The molecule has 0 spiro atoms. The molecule has 1 fully saturated rings. The highest BCUT2D eigenvalue weighted by Crippen LogP contribution is 2.47. The van der Waals surface area contributed by atoms with E-state index >= 15 is 4.39 Å². The Morgan fingerprint density at radius 3 is 2.55 bits per heavy atom. The molecular weight excluding hydrogens is 456 g/mol. The molecule has 182 valence electrons. The molecule has 3 N–H and O–H groups in total. The predicted molar refractivity (Wildman–Crippen MR) is 119 cm³/mol. The smallest absolute Gasteiger partial charge is 0.413 e. The van der Waals surface area contributed by atoms with Crippen molar-refractivity contribution in [3.05, 3.63) is 63.4 Å². The van der Waals surface area contributed by atoms with Gasteiger partial charge in [-0.3, -0.25) is 18.9 Å². The molecule has 1 aromatic carbocycles. The molecule has 2 aromatic rings. The molecule has 12 heteroatoms. The quantitative estimate of drug-likeness (QED) is 0.462. The third kappa shape index (κ3) is 5.80. The second-order valence-electron chi connectivity index (χ2n) is 8.50. The summed E-state index contributed by atoms with van der Waals surface area (Å²) in [5.74, 6) is 0.394. The van der Waals surface area contributed by atoms with Gasteiger partial charge in [-0.05, 0) is 31.9 Å². The number of hydrogen-bond donors (Lipinski definition) is 3. The van der Waals surface area contributed by atoms with E-state index < -0.39 is 49.7 Å². The van der Waals surface area contributed by atoms with Crippen LogP contribution < -0.4 is 20.9 Å². The fourth-order valence-corrected chi connectivity index (χ4v) is 4.96. The van der Waals surface area contributed by atoms with Gasteiger partial charge in [-0.15, -0.1) is 0 Å². The number of aliphatic hydroxyl groups excluding tert-OH is 1. The zero-order valence-electron chi connectivity index (χ0n) is 18.8. The molecule has 1 saturated heterocycles. The maximum atomic E-state index is 15.4. The molecule has 0 bridgehead atoms. The minimum Gasteiger partial charge on any atom is -0.413 e. The molecule has 0 radical (unpaired) electrons. The van der Waals surface area contributed by atoms with Gasteiger partial charge in [0.2, 0.25) is 0 Å². The summed E-state index contributed by atoms with van der Waals surface area (Å²) < 4.78 is 46.4. The zero-order valence-corrected chi connectivity index (χ0v) is 19.7. The van der Waals surface area contributed by atoms with E-state index in [9.17, 15) is 19.3 Å².